The largest absolute Gasteiger partial charge is 0.354 e. The molecule has 0 aliphatic rings. The first kappa shape index (κ1) is 15.9. The Bertz CT molecular complexity index is 1030. The summed E-state index contributed by atoms with van der Waals surface area (Å²) in [6, 6.07) is 19.7. The number of H-pyrrole nitrogens is 1. The van der Waals surface area contributed by atoms with Crippen LogP contribution in [0.3, 0.4) is 0 Å². The van der Waals surface area contributed by atoms with E-state index >= 15 is 0 Å². The predicted octanol–water partition coefficient (Wildman–Crippen LogP) is 5.41. The number of aryl methyl sites for hydroxylation is 1. The first-order valence-electron chi connectivity index (χ1n) is 8.76. The van der Waals surface area contributed by atoms with Crippen LogP contribution in [0.2, 0.25) is 0 Å². The van der Waals surface area contributed by atoms with Gasteiger partial charge in [0.15, 0.2) is 0 Å². The topological polar surface area (TPSA) is 41.8 Å². The molecule has 0 radical (unpaired) electrons. The molecular formula is C22H21FN2. The minimum absolute atomic E-state index is 0.198. The van der Waals surface area contributed by atoms with Gasteiger partial charge in [0.1, 0.15) is 5.82 Å². The monoisotopic (exact) mass is 332 g/mol. The van der Waals surface area contributed by atoms with Crippen LogP contribution in [0.1, 0.15) is 18.4 Å². The second-order valence-electron chi connectivity index (χ2n) is 6.44. The van der Waals surface area contributed by atoms with E-state index in [1.165, 1.54) is 22.4 Å². The van der Waals surface area contributed by atoms with E-state index < -0.39 is 0 Å². The van der Waals surface area contributed by atoms with Crippen molar-refractivity contribution >= 4 is 21.7 Å². The van der Waals surface area contributed by atoms with Gasteiger partial charge in [-0.1, -0.05) is 42.5 Å². The summed E-state index contributed by atoms with van der Waals surface area (Å²) in [5.41, 5.74) is 10.1. The van der Waals surface area contributed by atoms with Crippen LogP contribution in [0.25, 0.3) is 32.9 Å². The van der Waals surface area contributed by atoms with Gasteiger partial charge in [-0.3, -0.25) is 0 Å². The molecule has 0 saturated heterocycles. The second kappa shape index (κ2) is 6.69. The molecule has 3 heteroatoms. The molecule has 0 unspecified atom stereocenters. The van der Waals surface area contributed by atoms with E-state index in [1.807, 2.05) is 6.07 Å². The molecule has 4 rings (SSSR count). The number of hydrogen-bond donors (Lipinski definition) is 2. The average Bonchev–Trinajstić information content (AvgIpc) is 2.99. The second-order valence-corrected chi connectivity index (χ2v) is 6.44. The summed E-state index contributed by atoms with van der Waals surface area (Å²) < 4.78 is 13.8. The molecule has 0 amide bonds. The summed E-state index contributed by atoms with van der Waals surface area (Å²) >= 11 is 0. The third-order valence-corrected chi connectivity index (χ3v) is 4.81. The van der Waals surface area contributed by atoms with Crippen LogP contribution in [0.4, 0.5) is 4.39 Å². The van der Waals surface area contributed by atoms with Gasteiger partial charge in [-0.25, -0.2) is 4.39 Å². The molecule has 25 heavy (non-hydrogen) atoms. The van der Waals surface area contributed by atoms with Gasteiger partial charge in [0.25, 0.3) is 0 Å². The molecule has 0 bridgehead atoms. The van der Waals surface area contributed by atoms with E-state index in [2.05, 4.69) is 47.4 Å². The van der Waals surface area contributed by atoms with E-state index in [1.54, 1.807) is 6.07 Å². The number of hydrogen-bond acceptors (Lipinski definition) is 1. The van der Waals surface area contributed by atoms with Crippen molar-refractivity contribution in [2.75, 3.05) is 6.54 Å². The Labute approximate surface area is 146 Å². The minimum Gasteiger partial charge on any atom is -0.354 e. The summed E-state index contributed by atoms with van der Waals surface area (Å²) in [6.45, 7) is 0.681. The first-order valence-corrected chi connectivity index (χ1v) is 8.76. The number of aromatic amines is 1. The molecule has 3 aromatic carbocycles. The van der Waals surface area contributed by atoms with E-state index in [0.29, 0.717) is 6.54 Å². The Morgan fingerprint density at radius 3 is 2.60 bits per heavy atom. The molecule has 0 saturated carbocycles. The lowest BCUT2D eigenvalue weighted by molar-refractivity contribution is 0.629. The van der Waals surface area contributed by atoms with Gasteiger partial charge in [-0.05, 0) is 60.3 Å². The van der Waals surface area contributed by atoms with Crippen molar-refractivity contribution in [3.05, 3.63) is 72.0 Å². The maximum absolute atomic E-state index is 13.8. The zero-order valence-electron chi connectivity index (χ0n) is 14.1. The maximum Gasteiger partial charge on any atom is 0.123 e. The van der Waals surface area contributed by atoms with E-state index in [-0.39, 0.29) is 5.82 Å². The number of rotatable bonds is 5. The smallest absolute Gasteiger partial charge is 0.123 e. The van der Waals surface area contributed by atoms with Crippen LogP contribution in [0.15, 0.2) is 60.7 Å². The molecule has 0 atom stereocenters. The highest BCUT2D eigenvalue weighted by Gasteiger charge is 2.15. The van der Waals surface area contributed by atoms with Crippen LogP contribution >= 0.6 is 0 Å². The molecule has 1 aromatic heterocycles. The Balaban J connectivity index is 1.94. The van der Waals surface area contributed by atoms with Crippen molar-refractivity contribution in [2.45, 2.75) is 19.3 Å². The van der Waals surface area contributed by atoms with Crippen LogP contribution in [0, 0.1) is 5.82 Å². The lowest BCUT2D eigenvalue weighted by Crippen LogP contribution is -1.99. The highest BCUT2D eigenvalue weighted by atomic mass is 19.1. The Hall–Kier alpha value is -2.65. The minimum atomic E-state index is -0.198. The SMILES string of the molecule is NCCCCc1c(-c2cccc3ccccc23)[nH]c2ccc(F)cc12. The third-order valence-electron chi connectivity index (χ3n) is 4.81. The van der Waals surface area contributed by atoms with E-state index in [9.17, 15) is 4.39 Å². The normalized spacial score (nSPS) is 11.4. The van der Waals surface area contributed by atoms with Crippen LogP contribution in [0.5, 0.6) is 0 Å². The average molecular weight is 332 g/mol. The van der Waals surface area contributed by atoms with Gasteiger partial charge in [-0.15, -0.1) is 0 Å². The maximum atomic E-state index is 13.8. The number of nitrogens with one attached hydrogen (secondary N) is 1. The van der Waals surface area contributed by atoms with Gasteiger partial charge in [0.05, 0.1) is 5.69 Å². The van der Waals surface area contributed by atoms with Crippen molar-refractivity contribution in [2.24, 2.45) is 5.73 Å². The van der Waals surface area contributed by atoms with Crippen molar-refractivity contribution in [3.63, 3.8) is 0 Å². The summed E-state index contributed by atoms with van der Waals surface area (Å²) in [5, 5.41) is 3.38. The van der Waals surface area contributed by atoms with Gasteiger partial charge < -0.3 is 10.7 Å². The van der Waals surface area contributed by atoms with E-state index in [4.69, 9.17) is 5.73 Å². The molecule has 4 aromatic rings. The number of unbranched alkanes of at least 4 members (excludes halogenated alkanes) is 1. The van der Waals surface area contributed by atoms with Gasteiger partial charge in [0, 0.05) is 16.5 Å². The third kappa shape index (κ3) is 2.92. The summed E-state index contributed by atoms with van der Waals surface area (Å²) in [5.74, 6) is -0.198. The molecule has 0 aliphatic carbocycles. The van der Waals surface area contributed by atoms with E-state index in [0.717, 1.165) is 41.4 Å². The number of nitrogens with two attached hydrogens (primary N) is 1. The zero-order chi connectivity index (χ0) is 17.2. The molecule has 2 nitrogen and oxygen atoms in total. The molecule has 3 N–H and O–H groups in total. The quantitative estimate of drug-likeness (QED) is 0.472. The predicted molar refractivity (Wildman–Crippen MR) is 103 cm³/mol. The summed E-state index contributed by atoms with van der Waals surface area (Å²) in [6.07, 6.45) is 2.86. The Morgan fingerprint density at radius 1 is 0.880 bits per heavy atom. The number of halogens is 1. The summed E-state index contributed by atoms with van der Waals surface area (Å²) in [4.78, 5) is 3.53. The molecular weight excluding hydrogens is 311 g/mol. The number of fused-ring (bicyclic) bond motifs is 2. The molecule has 0 spiro atoms. The van der Waals surface area contributed by atoms with Crippen molar-refractivity contribution in [1.82, 2.24) is 4.98 Å². The Kier molecular flexibility index (Phi) is 4.24. The van der Waals surface area contributed by atoms with Crippen LogP contribution in [-0.4, -0.2) is 11.5 Å². The van der Waals surface area contributed by atoms with Crippen molar-refractivity contribution in [1.29, 1.82) is 0 Å². The first-order chi connectivity index (χ1) is 12.3. The summed E-state index contributed by atoms with van der Waals surface area (Å²) in [7, 11) is 0. The number of benzene rings is 3. The lowest BCUT2D eigenvalue weighted by Gasteiger charge is -2.09. The highest BCUT2D eigenvalue weighted by molar-refractivity contribution is 6.00. The van der Waals surface area contributed by atoms with Gasteiger partial charge >= 0.3 is 0 Å². The van der Waals surface area contributed by atoms with Crippen LogP contribution in [-0.2, 0) is 6.42 Å². The van der Waals surface area contributed by atoms with Crippen molar-refractivity contribution in [3.8, 4) is 11.3 Å². The molecule has 0 aliphatic heterocycles. The standard InChI is InChI=1S/C22H21FN2/c23-16-11-12-21-20(14-16)19(9-3-4-13-24)22(25-21)18-10-5-7-15-6-1-2-8-17(15)18/h1-2,5-8,10-12,14,25H,3-4,9,13,24H2. The molecule has 126 valence electrons. The van der Waals surface area contributed by atoms with Crippen LogP contribution < -0.4 is 5.73 Å². The fourth-order valence-corrected chi connectivity index (χ4v) is 3.60. The Morgan fingerprint density at radius 2 is 1.72 bits per heavy atom. The highest BCUT2D eigenvalue weighted by Crippen LogP contribution is 2.35. The van der Waals surface area contributed by atoms with Gasteiger partial charge in [-0.2, -0.15) is 0 Å². The number of aromatic nitrogens is 1. The fraction of sp³-hybridized carbons (Fsp3) is 0.182. The van der Waals surface area contributed by atoms with Gasteiger partial charge in [0.2, 0.25) is 0 Å². The molecule has 1 heterocycles. The zero-order valence-corrected chi connectivity index (χ0v) is 14.1. The van der Waals surface area contributed by atoms with Crippen molar-refractivity contribution < 1.29 is 4.39 Å². The molecule has 0 fully saturated rings. The lowest BCUT2D eigenvalue weighted by atomic mass is 9.96. The fourth-order valence-electron chi connectivity index (χ4n) is 3.60.